The van der Waals surface area contributed by atoms with Gasteiger partial charge in [-0.25, -0.2) is 0 Å². The number of aromatic nitrogens is 2. The maximum Gasteiger partial charge on any atom is 0.256 e. The van der Waals surface area contributed by atoms with E-state index in [4.69, 9.17) is 0 Å². The van der Waals surface area contributed by atoms with Crippen LogP contribution in [0.3, 0.4) is 0 Å². The van der Waals surface area contributed by atoms with E-state index in [1.54, 1.807) is 0 Å². The first-order chi connectivity index (χ1) is 9.63. The first kappa shape index (κ1) is 14.9. The summed E-state index contributed by atoms with van der Waals surface area (Å²) in [6, 6.07) is 2.20. The van der Waals surface area contributed by atoms with Crippen molar-refractivity contribution in [2.24, 2.45) is 0 Å². The summed E-state index contributed by atoms with van der Waals surface area (Å²) >= 11 is 0. The fourth-order valence-electron chi connectivity index (χ4n) is 2.73. The zero-order valence-corrected chi connectivity index (χ0v) is 12.6. The van der Waals surface area contributed by atoms with Crippen LogP contribution in [0.5, 0.6) is 0 Å². The van der Waals surface area contributed by atoms with Crippen molar-refractivity contribution >= 4 is 5.91 Å². The van der Waals surface area contributed by atoms with Crippen LogP contribution < -0.4 is 5.32 Å². The third-order valence-corrected chi connectivity index (χ3v) is 3.81. The van der Waals surface area contributed by atoms with Gasteiger partial charge in [0.1, 0.15) is 0 Å². The fraction of sp³-hybridized carbons (Fsp3) is 0.667. The van der Waals surface area contributed by atoms with Crippen molar-refractivity contribution in [2.45, 2.75) is 46.1 Å². The summed E-state index contributed by atoms with van der Waals surface area (Å²) in [7, 11) is 0. The minimum atomic E-state index is 0.106. The predicted octanol–water partition coefficient (Wildman–Crippen LogP) is 1.70. The van der Waals surface area contributed by atoms with Gasteiger partial charge in [0.2, 0.25) is 0 Å². The highest BCUT2D eigenvalue weighted by molar-refractivity contribution is 5.95. The Morgan fingerprint density at radius 2 is 2.05 bits per heavy atom. The van der Waals surface area contributed by atoms with E-state index in [0.717, 1.165) is 50.3 Å². The van der Waals surface area contributed by atoms with Crippen molar-refractivity contribution < 1.29 is 4.79 Å². The molecule has 1 aliphatic heterocycles. The summed E-state index contributed by atoms with van der Waals surface area (Å²) in [6.07, 6.45) is 3.04. The zero-order valence-electron chi connectivity index (χ0n) is 12.6. The second-order valence-electron chi connectivity index (χ2n) is 5.46. The van der Waals surface area contributed by atoms with E-state index in [2.05, 4.69) is 22.4 Å². The van der Waals surface area contributed by atoms with Gasteiger partial charge in [-0.3, -0.25) is 4.79 Å². The molecule has 0 unspecified atom stereocenters. The topological polar surface area (TPSA) is 58.1 Å². The normalized spacial score (nSPS) is 16.1. The molecule has 1 fully saturated rings. The van der Waals surface area contributed by atoms with Crippen LogP contribution in [0.25, 0.3) is 0 Å². The van der Waals surface area contributed by atoms with E-state index < -0.39 is 0 Å². The molecule has 1 aromatic rings. The van der Waals surface area contributed by atoms with E-state index in [-0.39, 0.29) is 5.91 Å². The molecule has 0 atom stereocenters. The van der Waals surface area contributed by atoms with Gasteiger partial charge in [0, 0.05) is 12.6 Å². The average molecular weight is 276 g/mol. The van der Waals surface area contributed by atoms with Gasteiger partial charge < -0.3 is 10.2 Å². The molecule has 0 saturated carbocycles. The minimum Gasteiger partial charge on any atom is -0.336 e. The van der Waals surface area contributed by atoms with Crippen molar-refractivity contribution in [1.29, 1.82) is 0 Å². The third-order valence-electron chi connectivity index (χ3n) is 3.81. The van der Waals surface area contributed by atoms with Gasteiger partial charge in [0.25, 0.3) is 5.91 Å². The van der Waals surface area contributed by atoms with E-state index in [9.17, 15) is 4.79 Å². The summed E-state index contributed by atoms with van der Waals surface area (Å²) in [5.74, 6) is 0.106. The number of carbonyl (C=O) groups is 1. The Bertz CT molecular complexity index is 469. The highest BCUT2D eigenvalue weighted by atomic mass is 16.2. The Morgan fingerprint density at radius 3 is 2.70 bits per heavy atom. The second kappa shape index (κ2) is 6.79. The molecule has 5 heteroatoms. The van der Waals surface area contributed by atoms with Crippen molar-refractivity contribution in [3.63, 3.8) is 0 Å². The Morgan fingerprint density at radius 1 is 1.35 bits per heavy atom. The molecule has 0 bridgehead atoms. The first-order valence-electron chi connectivity index (χ1n) is 7.46. The van der Waals surface area contributed by atoms with E-state index in [1.165, 1.54) is 0 Å². The number of piperidine rings is 1. The van der Waals surface area contributed by atoms with Crippen LogP contribution in [0.1, 0.15) is 47.9 Å². The Balaban J connectivity index is 2.23. The standard InChI is InChI=1S/C15H24N4O/c1-4-9-19(13-5-7-16-8-6-13)15(20)14-10-11(2)17-18-12(14)3/h10,13,16H,4-9H2,1-3H3. The van der Waals surface area contributed by atoms with Crippen LogP contribution >= 0.6 is 0 Å². The van der Waals surface area contributed by atoms with Crippen LogP contribution in [-0.4, -0.2) is 46.7 Å². The zero-order chi connectivity index (χ0) is 14.5. The number of rotatable bonds is 4. The van der Waals surface area contributed by atoms with E-state index in [1.807, 2.05) is 24.8 Å². The average Bonchev–Trinajstić information content (AvgIpc) is 2.47. The van der Waals surface area contributed by atoms with Crippen molar-refractivity contribution in [1.82, 2.24) is 20.4 Å². The number of amides is 1. The predicted molar refractivity (Wildman–Crippen MR) is 78.7 cm³/mol. The lowest BCUT2D eigenvalue weighted by Gasteiger charge is -2.34. The summed E-state index contributed by atoms with van der Waals surface area (Å²) in [5.41, 5.74) is 2.21. The Kier molecular flexibility index (Phi) is 5.06. The monoisotopic (exact) mass is 276 g/mol. The maximum absolute atomic E-state index is 12.8. The molecule has 5 nitrogen and oxygen atoms in total. The molecule has 110 valence electrons. The van der Waals surface area contributed by atoms with E-state index >= 15 is 0 Å². The summed E-state index contributed by atoms with van der Waals surface area (Å²) in [6.45, 7) is 8.63. The lowest BCUT2D eigenvalue weighted by atomic mass is 10.0. The summed E-state index contributed by atoms with van der Waals surface area (Å²) < 4.78 is 0. The van der Waals surface area contributed by atoms with Crippen molar-refractivity contribution in [2.75, 3.05) is 19.6 Å². The van der Waals surface area contributed by atoms with Gasteiger partial charge in [-0.2, -0.15) is 10.2 Å². The fourth-order valence-corrected chi connectivity index (χ4v) is 2.73. The quantitative estimate of drug-likeness (QED) is 0.909. The van der Waals surface area contributed by atoms with Crippen molar-refractivity contribution in [3.8, 4) is 0 Å². The highest BCUT2D eigenvalue weighted by Crippen LogP contribution is 2.17. The van der Waals surface area contributed by atoms with E-state index in [0.29, 0.717) is 11.6 Å². The summed E-state index contributed by atoms with van der Waals surface area (Å²) in [5, 5.41) is 11.4. The maximum atomic E-state index is 12.8. The molecule has 0 aliphatic carbocycles. The molecule has 1 N–H and O–H groups in total. The van der Waals surface area contributed by atoms with Gasteiger partial charge in [-0.05, 0) is 52.3 Å². The first-order valence-corrected chi connectivity index (χ1v) is 7.46. The Labute approximate surface area is 120 Å². The van der Waals surface area contributed by atoms with Crippen LogP contribution in [0.15, 0.2) is 6.07 Å². The van der Waals surface area contributed by atoms with Gasteiger partial charge >= 0.3 is 0 Å². The molecule has 0 aromatic carbocycles. The number of carbonyl (C=O) groups excluding carboxylic acids is 1. The number of hydrogen-bond acceptors (Lipinski definition) is 4. The largest absolute Gasteiger partial charge is 0.336 e. The van der Waals surface area contributed by atoms with Gasteiger partial charge in [-0.15, -0.1) is 0 Å². The smallest absolute Gasteiger partial charge is 0.256 e. The lowest BCUT2D eigenvalue weighted by molar-refractivity contribution is 0.0641. The highest BCUT2D eigenvalue weighted by Gasteiger charge is 2.26. The SMILES string of the molecule is CCCN(C(=O)c1cc(C)nnc1C)C1CCNCC1. The molecule has 1 saturated heterocycles. The molecular formula is C15H24N4O. The molecule has 1 aromatic heterocycles. The summed E-state index contributed by atoms with van der Waals surface area (Å²) in [4.78, 5) is 14.9. The van der Waals surface area contributed by atoms with Crippen LogP contribution in [0.4, 0.5) is 0 Å². The van der Waals surface area contributed by atoms with Gasteiger partial charge in [0.05, 0.1) is 17.0 Å². The van der Waals surface area contributed by atoms with Crippen LogP contribution in [0, 0.1) is 13.8 Å². The van der Waals surface area contributed by atoms with Gasteiger partial charge in [0.15, 0.2) is 0 Å². The van der Waals surface area contributed by atoms with Crippen LogP contribution in [-0.2, 0) is 0 Å². The molecule has 2 heterocycles. The number of aryl methyl sites for hydroxylation is 2. The molecule has 1 amide bonds. The number of hydrogen-bond donors (Lipinski definition) is 1. The number of nitrogens with zero attached hydrogens (tertiary/aromatic N) is 3. The molecule has 0 radical (unpaired) electrons. The number of nitrogens with one attached hydrogen (secondary N) is 1. The second-order valence-corrected chi connectivity index (χ2v) is 5.46. The third kappa shape index (κ3) is 3.33. The Hall–Kier alpha value is -1.49. The lowest BCUT2D eigenvalue weighted by Crippen LogP contribution is -2.46. The van der Waals surface area contributed by atoms with Crippen molar-refractivity contribution in [3.05, 3.63) is 23.0 Å². The molecule has 20 heavy (non-hydrogen) atoms. The molecular weight excluding hydrogens is 252 g/mol. The molecule has 2 rings (SSSR count). The van der Waals surface area contributed by atoms with Crippen LogP contribution in [0.2, 0.25) is 0 Å². The van der Waals surface area contributed by atoms with Gasteiger partial charge in [-0.1, -0.05) is 6.92 Å². The molecule has 0 spiro atoms. The minimum absolute atomic E-state index is 0.106. The molecule has 1 aliphatic rings.